The van der Waals surface area contributed by atoms with E-state index < -0.39 is 0 Å². The number of fused-ring (bicyclic) bond motifs is 9. The Kier molecular flexibility index (Phi) is 6.36. The van der Waals surface area contributed by atoms with Crippen LogP contribution >= 0.6 is 0 Å². The van der Waals surface area contributed by atoms with Gasteiger partial charge in [0, 0.05) is 23.3 Å². The highest BCUT2D eigenvalue weighted by molar-refractivity contribution is 5.83. The van der Waals surface area contributed by atoms with Gasteiger partial charge in [0.05, 0.1) is 24.4 Å². The van der Waals surface area contributed by atoms with E-state index >= 15 is 0 Å². The summed E-state index contributed by atoms with van der Waals surface area (Å²) in [5.74, 6) is 2.91. The summed E-state index contributed by atoms with van der Waals surface area (Å²) < 4.78 is 6.38. The summed E-state index contributed by atoms with van der Waals surface area (Å²) in [4.78, 5) is 0. The van der Waals surface area contributed by atoms with Gasteiger partial charge in [0.15, 0.2) is 0 Å². The molecule has 4 aromatic carbocycles. The van der Waals surface area contributed by atoms with Crippen LogP contribution in [0.3, 0.4) is 0 Å². The van der Waals surface area contributed by atoms with Gasteiger partial charge in [0.25, 0.3) is 0 Å². The molecule has 0 amide bonds. The van der Waals surface area contributed by atoms with Crippen LogP contribution in [0, 0.1) is 11.8 Å². The number of benzene rings is 4. The van der Waals surface area contributed by atoms with Crippen LogP contribution in [0.2, 0.25) is 0 Å². The highest BCUT2D eigenvalue weighted by atomic mass is 16.5. The average molecular weight is 612 g/mol. The molecule has 0 aromatic heterocycles. The Balaban J connectivity index is 1.04. The van der Waals surface area contributed by atoms with Crippen molar-refractivity contribution in [3.8, 4) is 5.75 Å². The lowest BCUT2D eigenvalue weighted by Gasteiger charge is -2.46. The molecule has 2 aliphatic heterocycles. The summed E-state index contributed by atoms with van der Waals surface area (Å²) in [6.45, 7) is 0. The average Bonchev–Trinajstić information content (AvgIpc) is 3.53. The smallest absolute Gasteiger partial charge is 0.130 e. The van der Waals surface area contributed by atoms with Crippen LogP contribution in [0.1, 0.15) is 53.1 Å². The normalized spacial score (nSPS) is 29.6. The third kappa shape index (κ3) is 4.47. The molecule has 3 N–H and O–H groups in total. The molecule has 4 nitrogen and oxygen atoms in total. The first-order valence-corrected chi connectivity index (χ1v) is 17.1. The van der Waals surface area contributed by atoms with E-state index in [1.165, 1.54) is 49.0 Å². The molecule has 230 valence electrons. The van der Waals surface area contributed by atoms with E-state index in [0.717, 1.165) is 24.4 Å². The maximum Gasteiger partial charge on any atom is 0.130 e. The molecule has 0 saturated carbocycles. The van der Waals surface area contributed by atoms with Gasteiger partial charge in [0.1, 0.15) is 11.5 Å². The predicted molar refractivity (Wildman–Crippen MR) is 191 cm³/mol. The van der Waals surface area contributed by atoms with Gasteiger partial charge in [-0.25, -0.2) is 0 Å². The zero-order valence-electron chi connectivity index (χ0n) is 26.1. The van der Waals surface area contributed by atoms with Gasteiger partial charge in [0.2, 0.25) is 0 Å². The van der Waals surface area contributed by atoms with E-state index in [1.54, 1.807) is 0 Å². The monoisotopic (exact) mass is 611 g/mol. The number of hydrogen-bond donors (Lipinski definition) is 3. The molecule has 1 fully saturated rings. The fraction of sp³-hybridized carbons (Fsp3) is 0.209. The number of hydrogen-bond acceptors (Lipinski definition) is 4. The number of para-hydroxylation sites is 1. The van der Waals surface area contributed by atoms with Gasteiger partial charge >= 0.3 is 0 Å². The summed E-state index contributed by atoms with van der Waals surface area (Å²) in [6.07, 6.45) is 25.5. The van der Waals surface area contributed by atoms with Crippen LogP contribution in [0.25, 0.3) is 29.0 Å². The van der Waals surface area contributed by atoms with Crippen molar-refractivity contribution in [2.24, 2.45) is 11.8 Å². The summed E-state index contributed by atoms with van der Waals surface area (Å²) in [6, 6.07) is 28.7. The van der Waals surface area contributed by atoms with Crippen molar-refractivity contribution >= 4 is 29.0 Å². The van der Waals surface area contributed by atoms with E-state index in [9.17, 15) is 0 Å². The van der Waals surface area contributed by atoms with E-state index in [-0.39, 0.29) is 36.3 Å². The van der Waals surface area contributed by atoms with Gasteiger partial charge < -0.3 is 4.74 Å². The second-order valence-corrected chi connectivity index (χ2v) is 13.6. The molecule has 6 aliphatic rings. The molecule has 4 aromatic rings. The Hall–Kier alpha value is -4.74. The van der Waals surface area contributed by atoms with Crippen LogP contribution in [-0.2, 0) is 0 Å². The summed E-state index contributed by atoms with van der Waals surface area (Å²) in [7, 11) is 0. The van der Waals surface area contributed by atoms with Gasteiger partial charge in [-0.2, -0.15) is 0 Å². The van der Waals surface area contributed by atoms with E-state index in [1.807, 2.05) is 0 Å². The summed E-state index contributed by atoms with van der Waals surface area (Å²) in [5.41, 5.74) is 6.72. The van der Waals surface area contributed by atoms with Crippen molar-refractivity contribution in [2.75, 3.05) is 0 Å². The van der Waals surface area contributed by atoms with Crippen molar-refractivity contribution in [3.63, 3.8) is 0 Å². The third-order valence-corrected chi connectivity index (χ3v) is 11.1. The predicted octanol–water partition coefficient (Wildman–Crippen LogP) is 6.80. The SMILES string of the molecule is C1=CC2c3ccc4c(c3C=CC2C(C2NC(c3ccc5ccccc5c3)NC(C3C=CC=C5Oc6ccccc6C53)N2)=C1)=CCCC=4. The van der Waals surface area contributed by atoms with Gasteiger partial charge in [-0.05, 0) is 74.5 Å². The van der Waals surface area contributed by atoms with Crippen LogP contribution in [0.15, 0.2) is 133 Å². The van der Waals surface area contributed by atoms with E-state index in [2.05, 4.69) is 156 Å². The second-order valence-electron chi connectivity index (χ2n) is 13.6. The first-order chi connectivity index (χ1) is 23.3. The number of ether oxygens (including phenoxy) is 1. The molecule has 7 unspecified atom stereocenters. The second kappa shape index (κ2) is 10.9. The van der Waals surface area contributed by atoms with Crippen molar-refractivity contribution < 1.29 is 4.74 Å². The van der Waals surface area contributed by atoms with Crippen LogP contribution < -0.4 is 31.1 Å². The Bertz CT molecular complexity index is 2220. The first-order valence-electron chi connectivity index (χ1n) is 17.1. The van der Waals surface area contributed by atoms with Crippen molar-refractivity contribution in [3.05, 3.63) is 165 Å². The molecule has 0 radical (unpaired) electrons. The highest BCUT2D eigenvalue weighted by Crippen LogP contribution is 2.48. The van der Waals surface area contributed by atoms with Crippen LogP contribution in [-0.4, -0.2) is 12.3 Å². The standard InChI is InChI=1S/C43H37N3O/c1-2-11-28-25-29(20-19-26(28)9-1)41-44-42(46-43(45-41)37-16-8-18-39-40(37)36-13-5-6-17-38(36)47-39)35-15-7-14-31-33-22-21-27-10-3-4-12-30(27)32(33)23-24-34(31)35/h1-2,5-25,31,34,37,40-46H,3-4H2. The molecular formula is C43H37N3O. The topological polar surface area (TPSA) is 45.3 Å². The molecule has 4 aliphatic carbocycles. The zero-order valence-corrected chi connectivity index (χ0v) is 26.1. The van der Waals surface area contributed by atoms with Crippen molar-refractivity contribution in [1.29, 1.82) is 0 Å². The van der Waals surface area contributed by atoms with Gasteiger partial charge in [-0.1, -0.05) is 121 Å². The maximum absolute atomic E-state index is 6.38. The lowest BCUT2D eigenvalue weighted by atomic mass is 9.71. The molecule has 2 heterocycles. The molecule has 1 saturated heterocycles. The molecule has 4 heteroatoms. The maximum atomic E-state index is 6.38. The molecule has 10 rings (SSSR count). The Morgan fingerprint density at radius 3 is 2.49 bits per heavy atom. The van der Waals surface area contributed by atoms with E-state index in [0.29, 0.717) is 5.92 Å². The Morgan fingerprint density at radius 2 is 1.51 bits per heavy atom. The molecule has 0 spiro atoms. The first kappa shape index (κ1) is 27.4. The fourth-order valence-corrected chi connectivity index (χ4v) is 8.83. The number of rotatable bonds is 3. The molecular weight excluding hydrogens is 574 g/mol. The van der Waals surface area contributed by atoms with Crippen LogP contribution in [0.4, 0.5) is 0 Å². The number of nitrogens with one attached hydrogen (secondary N) is 3. The van der Waals surface area contributed by atoms with Gasteiger partial charge in [-0.15, -0.1) is 0 Å². The van der Waals surface area contributed by atoms with Crippen LogP contribution in [0.5, 0.6) is 5.75 Å². The Morgan fingerprint density at radius 1 is 0.660 bits per heavy atom. The lowest BCUT2D eigenvalue weighted by molar-refractivity contribution is 0.169. The van der Waals surface area contributed by atoms with Crippen molar-refractivity contribution in [2.45, 2.75) is 43.2 Å². The molecule has 7 atom stereocenters. The minimum Gasteiger partial charge on any atom is -0.461 e. The quantitative estimate of drug-likeness (QED) is 0.239. The number of allylic oxidation sites excluding steroid dienone is 7. The summed E-state index contributed by atoms with van der Waals surface area (Å²) in [5, 5.41) is 17.4. The van der Waals surface area contributed by atoms with Crippen molar-refractivity contribution in [1.82, 2.24) is 16.0 Å². The highest BCUT2D eigenvalue weighted by Gasteiger charge is 2.44. The lowest BCUT2D eigenvalue weighted by Crippen LogP contribution is -2.66. The zero-order chi connectivity index (χ0) is 30.9. The minimum atomic E-state index is -0.0431. The van der Waals surface area contributed by atoms with Gasteiger partial charge in [-0.3, -0.25) is 16.0 Å². The summed E-state index contributed by atoms with van der Waals surface area (Å²) >= 11 is 0. The Labute approximate surface area is 275 Å². The fourth-order valence-electron chi connectivity index (χ4n) is 8.83. The largest absolute Gasteiger partial charge is 0.461 e. The van der Waals surface area contributed by atoms with E-state index in [4.69, 9.17) is 4.74 Å². The molecule has 47 heavy (non-hydrogen) atoms. The third-order valence-electron chi connectivity index (χ3n) is 11.1. The minimum absolute atomic E-state index is 0.000282. The molecule has 0 bridgehead atoms.